The molecule has 0 spiro atoms. The summed E-state index contributed by atoms with van der Waals surface area (Å²) >= 11 is 0. The normalized spacial score (nSPS) is 10.0. The van der Waals surface area contributed by atoms with Crippen molar-refractivity contribution in [1.29, 1.82) is 0 Å². The van der Waals surface area contributed by atoms with Crippen molar-refractivity contribution in [2.75, 3.05) is 0 Å². The van der Waals surface area contributed by atoms with Gasteiger partial charge in [0.15, 0.2) is 0 Å². The van der Waals surface area contributed by atoms with E-state index in [1.54, 1.807) is 6.92 Å². The van der Waals surface area contributed by atoms with Crippen molar-refractivity contribution >= 4 is 5.97 Å². The lowest BCUT2D eigenvalue weighted by molar-refractivity contribution is 0.0694. The lowest BCUT2D eigenvalue weighted by Crippen LogP contribution is -1.99. The zero-order valence-electron chi connectivity index (χ0n) is 6.55. The second-order valence-electron chi connectivity index (χ2n) is 2.38. The summed E-state index contributed by atoms with van der Waals surface area (Å²) < 4.78 is 5.03. The van der Waals surface area contributed by atoms with E-state index in [0.29, 0.717) is 23.3 Å². The van der Waals surface area contributed by atoms with E-state index in [1.807, 2.05) is 6.92 Å². The van der Waals surface area contributed by atoms with Crippen molar-refractivity contribution < 1.29 is 14.3 Å². The molecule has 0 aromatic carbocycles. The fourth-order valence-electron chi connectivity index (χ4n) is 1.05. The minimum atomic E-state index is -0.909. The van der Waals surface area contributed by atoms with E-state index in [0.717, 1.165) is 0 Å². The Balaban J connectivity index is 3.17. The van der Waals surface area contributed by atoms with Gasteiger partial charge >= 0.3 is 5.97 Å². The van der Waals surface area contributed by atoms with Gasteiger partial charge in [0.05, 0.1) is 6.26 Å². The molecule has 0 atom stereocenters. The predicted molar refractivity (Wildman–Crippen MR) is 39.8 cm³/mol. The number of hydrogen-bond acceptors (Lipinski definition) is 2. The Labute approximate surface area is 64.6 Å². The first-order valence-corrected chi connectivity index (χ1v) is 3.47. The minimum absolute atomic E-state index is 0.313. The van der Waals surface area contributed by atoms with Crippen LogP contribution in [0.2, 0.25) is 0 Å². The van der Waals surface area contributed by atoms with Gasteiger partial charge in [0.25, 0.3) is 0 Å². The zero-order valence-corrected chi connectivity index (χ0v) is 6.55. The monoisotopic (exact) mass is 154 g/mol. The first-order chi connectivity index (χ1) is 5.16. The highest BCUT2D eigenvalue weighted by molar-refractivity contribution is 5.90. The summed E-state index contributed by atoms with van der Waals surface area (Å²) in [5.41, 5.74) is 1.00. The fraction of sp³-hybridized carbons (Fsp3) is 0.375. The topological polar surface area (TPSA) is 50.4 Å². The second kappa shape index (κ2) is 2.78. The van der Waals surface area contributed by atoms with Gasteiger partial charge in [0.1, 0.15) is 11.3 Å². The number of furan rings is 1. The summed E-state index contributed by atoms with van der Waals surface area (Å²) in [4.78, 5) is 10.6. The number of aromatic carboxylic acids is 1. The molecule has 0 aliphatic carbocycles. The SMILES string of the molecule is CCc1occ(C)c1C(=O)O. The molecule has 0 unspecified atom stereocenters. The van der Waals surface area contributed by atoms with Crippen molar-refractivity contribution in [2.45, 2.75) is 20.3 Å². The van der Waals surface area contributed by atoms with E-state index < -0.39 is 5.97 Å². The molecule has 3 nitrogen and oxygen atoms in total. The summed E-state index contributed by atoms with van der Waals surface area (Å²) in [5.74, 6) is -0.358. The minimum Gasteiger partial charge on any atom is -0.478 e. The van der Waals surface area contributed by atoms with Gasteiger partial charge in [-0.1, -0.05) is 6.92 Å². The Morgan fingerprint density at radius 2 is 2.36 bits per heavy atom. The molecule has 0 bridgehead atoms. The number of carboxylic acid groups (broad SMARTS) is 1. The van der Waals surface area contributed by atoms with Crippen LogP contribution in [0, 0.1) is 6.92 Å². The number of aryl methyl sites for hydroxylation is 2. The van der Waals surface area contributed by atoms with Gasteiger partial charge in [-0.3, -0.25) is 0 Å². The van der Waals surface area contributed by atoms with Crippen LogP contribution in [0.1, 0.15) is 28.6 Å². The van der Waals surface area contributed by atoms with Gasteiger partial charge in [0, 0.05) is 12.0 Å². The van der Waals surface area contributed by atoms with Crippen LogP contribution in [-0.2, 0) is 6.42 Å². The van der Waals surface area contributed by atoms with Crippen LogP contribution in [0.5, 0.6) is 0 Å². The molecule has 0 fully saturated rings. The molecule has 0 saturated carbocycles. The van der Waals surface area contributed by atoms with E-state index in [9.17, 15) is 4.79 Å². The predicted octanol–water partition coefficient (Wildman–Crippen LogP) is 1.85. The average Bonchev–Trinajstić information content (AvgIpc) is 2.30. The number of rotatable bonds is 2. The molecule has 1 N–H and O–H groups in total. The first-order valence-electron chi connectivity index (χ1n) is 3.47. The maximum atomic E-state index is 10.6. The molecule has 1 aromatic heterocycles. The molecule has 1 rings (SSSR count). The second-order valence-corrected chi connectivity index (χ2v) is 2.38. The smallest absolute Gasteiger partial charge is 0.339 e. The fourth-order valence-corrected chi connectivity index (χ4v) is 1.05. The molecular weight excluding hydrogens is 144 g/mol. The van der Waals surface area contributed by atoms with Crippen molar-refractivity contribution in [2.24, 2.45) is 0 Å². The number of hydrogen-bond donors (Lipinski definition) is 1. The summed E-state index contributed by atoms with van der Waals surface area (Å²) in [6.07, 6.45) is 2.09. The third kappa shape index (κ3) is 1.27. The highest BCUT2D eigenvalue weighted by atomic mass is 16.4. The first kappa shape index (κ1) is 7.85. The molecular formula is C8H10O3. The highest BCUT2D eigenvalue weighted by Crippen LogP contribution is 2.16. The molecule has 0 amide bonds. The molecule has 3 heteroatoms. The van der Waals surface area contributed by atoms with Gasteiger partial charge < -0.3 is 9.52 Å². The molecule has 0 aliphatic heterocycles. The molecule has 0 aliphatic rings. The van der Waals surface area contributed by atoms with Gasteiger partial charge in [-0.25, -0.2) is 4.79 Å². The van der Waals surface area contributed by atoms with Crippen LogP contribution in [0.25, 0.3) is 0 Å². The van der Waals surface area contributed by atoms with Crippen LogP contribution in [-0.4, -0.2) is 11.1 Å². The van der Waals surface area contributed by atoms with E-state index in [4.69, 9.17) is 9.52 Å². The largest absolute Gasteiger partial charge is 0.478 e. The Bertz CT molecular complexity index is 273. The third-order valence-electron chi connectivity index (χ3n) is 1.59. The summed E-state index contributed by atoms with van der Waals surface area (Å²) in [7, 11) is 0. The van der Waals surface area contributed by atoms with Gasteiger partial charge in [0.2, 0.25) is 0 Å². The van der Waals surface area contributed by atoms with Crippen LogP contribution in [0.3, 0.4) is 0 Å². The van der Waals surface area contributed by atoms with E-state index in [-0.39, 0.29) is 0 Å². The lowest BCUT2D eigenvalue weighted by Gasteiger charge is -1.92. The Morgan fingerprint density at radius 1 is 1.73 bits per heavy atom. The molecule has 1 heterocycles. The third-order valence-corrected chi connectivity index (χ3v) is 1.59. The van der Waals surface area contributed by atoms with Crippen molar-refractivity contribution in [3.63, 3.8) is 0 Å². The summed E-state index contributed by atoms with van der Waals surface area (Å²) in [6, 6.07) is 0. The maximum Gasteiger partial charge on any atom is 0.339 e. The summed E-state index contributed by atoms with van der Waals surface area (Å²) in [6.45, 7) is 3.59. The highest BCUT2D eigenvalue weighted by Gasteiger charge is 2.15. The van der Waals surface area contributed by atoms with Gasteiger partial charge in [-0.15, -0.1) is 0 Å². The Hall–Kier alpha value is -1.25. The van der Waals surface area contributed by atoms with Crippen LogP contribution in [0.15, 0.2) is 10.7 Å². The quantitative estimate of drug-likeness (QED) is 0.707. The molecule has 11 heavy (non-hydrogen) atoms. The lowest BCUT2D eigenvalue weighted by atomic mass is 10.1. The van der Waals surface area contributed by atoms with Crippen molar-refractivity contribution in [3.05, 3.63) is 23.2 Å². The van der Waals surface area contributed by atoms with Crippen molar-refractivity contribution in [3.8, 4) is 0 Å². The van der Waals surface area contributed by atoms with Gasteiger partial charge in [-0.05, 0) is 6.92 Å². The number of carboxylic acids is 1. The molecule has 0 saturated heterocycles. The Morgan fingerprint density at radius 3 is 2.73 bits per heavy atom. The van der Waals surface area contributed by atoms with E-state index >= 15 is 0 Å². The van der Waals surface area contributed by atoms with Gasteiger partial charge in [-0.2, -0.15) is 0 Å². The number of carbonyl (C=O) groups is 1. The summed E-state index contributed by atoms with van der Waals surface area (Å²) in [5, 5.41) is 8.71. The maximum absolute atomic E-state index is 10.6. The average molecular weight is 154 g/mol. The van der Waals surface area contributed by atoms with E-state index in [2.05, 4.69) is 0 Å². The van der Waals surface area contributed by atoms with Crippen LogP contribution >= 0.6 is 0 Å². The van der Waals surface area contributed by atoms with E-state index in [1.165, 1.54) is 6.26 Å². The molecule has 60 valence electrons. The van der Waals surface area contributed by atoms with Crippen molar-refractivity contribution in [1.82, 2.24) is 0 Å². The zero-order chi connectivity index (χ0) is 8.43. The van der Waals surface area contributed by atoms with Crippen LogP contribution in [0.4, 0.5) is 0 Å². The molecule has 0 radical (unpaired) electrons. The Kier molecular flexibility index (Phi) is 1.98. The van der Waals surface area contributed by atoms with Crippen LogP contribution < -0.4 is 0 Å². The molecule has 1 aromatic rings. The standard InChI is InChI=1S/C8H10O3/c1-3-6-7(8(9)10)5(2)4-11-6/h4H,3H2,1-2H3,(H,9,10).